The number of nitrogens with one attached hydrogen (secondary N) is 1. The van der Waals surface area contributed by atoms with E-state index in [9.17, 15) is 19.1 Å². The van der Waals surface area contributed by atoms with Gasteiger partial charge < -0.3 is 15.3 Å². The summed E-state index contributed by atoms with van der Waals surface area (Å²) in [5.74, 6) is -1.01. The monoisotopic (exact) mass is 384 g/mol. The van der Waals surface area contributed by atoms with Crippen LogP contribution in [0.2, 0.25) is 0 Å². The van der Waals surface area contributed by atoms with Gasteiger partial charge in [-0.2, -0.15) is 0 Å². The predicted octanol–water partition coefficient (Wildman–Crippen LogP) is 3.50. The van der Waals surface area contributed by atoms with E-state index in [2.05, 4.69) is 10.2 Å². The van der Waals surface area contributed by atoms with E-state index in [1.54, 1.807) is 30.3 Å². The molecule has 1 amide bonds. The topological polar surface area (TPSA) is 69.6 Å². The summed E-state index contributed by atoms with van der Waals surface area (Å²) in [6.45, 7) is 2.46. The molecule has 1 saturated heterocycles. The van der Waals surface area contributed by atoms with E-state index in [4.69, 9.17) is 0 Å². The number of aliphatic hydroxyl groups is 1. The van der Waals surface area contributed by atoms with Crippen molar-refractivity contribution < 1.29 is 19.1 Å². The number of halogens is 1. The number of nitrogens with zero attached hydrogens (tertiary/aromatic N) is 1. The van der Waals surface area contributed by atoms with Crippen LogP contribution >= 0.6 is 0 Å². The highest BCUT2D eigenvalue weighted by Gasteiger charge is 2.18. The van der Waals surface area contributed by atoms with Gasteiger partial charge >= 0.3 is 0 Å². The van der Waals surface area contributed by atoms with Gasteiger partial charge in [-0.05, 0) is 56.1 Å². The fraction of sp³-hybridized carbons (Fsp3) is 0.364. The zero-order chi connectivity index (χ0) is 19.9. The van der Waals surface area contributed by atoms with E-state index in [0.29, 0.717) is 24.0 Å². The Kier molecular flexibility index (Phi) is 6.90. The van der Waals surface area contributed by atoms with Crippen LogP contribution in [-0.4, -0.2) is 47.4 Å². The van der Waals surface area contributed by atoms with Crippen molar-refractivity contribution >= 4 is 17.4 Å². The van der Waals surface area contributed by atoms with E-state index in [0.717, 1.165) is 32.5 Å². The molecule has 1 aliphatic heterocycles. The van der Waals surface area contributed by atoms with Gasteiger partial charge in [0.25, 0.3) is 5.91 Å². The first-order valence-electron chi connectivity index (χ1n) is 9.62. The van der Waals surface area contributed by atoms with E-state index in [1.807, 2.05) is 0 Å². The maximum absolute atomic E-state index is 13.7. The minimum absolute atomic E-state index is 0.125. The highest BCUT2D eigenvalue weighted by Crippen LogP contribution is 2.21. The summed E-state index contributed by atoms with van der Waals surface area (Å²) >= 11 is 0. The van der Waals surface area contributed by atoms with Crippen molar-refractivity contribution in [2.75, 3.05) is 25.0 Å². The molecule has 0 radical (unpaired) electrons. The van der Waals surface area contributed by atoms with Crippen LogP contribution in [0, 0.1) is 5.82 Å². The summed E-state index contributed by atoms with van der Waals surface area (Å²) in [6, 6.07) is 12.4. The van der Waals surface area contributed by atoms with Crippen molar-refractivity contribution in [3.8, 4) is 0 Å². The molecule has 0 aliphatic carbocycles. The SMILES string of the molecule is O=C(Nc1cc(F)ccc1C(=O)CCCN1CCC(O)CC1)c1ccccc1. The Hall–Kier alpha value is -2.57. The molecule has 0 aromatic heterocycles. The molecule has 1 heterocycles. The summed E-state index contributed by atoms with van der Waals surface area (Å²) in [5.41, 5.74) is 0.956. The van der Waals surface area contributed by atoms with Crippen molar-refractivity contribution in [1.29, 1.82) is 0 Å². The molecule has 1 aliphatic rings. The van der Waals surface area contributed by atoms with Gasteiger partial charge in [-0.15, -0.1) is 0 Å². The van der Waals surface area contributed by atoms with E-state index in [-0.39, 0.29) is 23.5 Å². The lowest BCUT2D eigenvalue weighted by Gasteiger charge is -2.29. The molecule has 2 aromatic rings. The molecule has 148 valence electrons. The Morgan fingerprint density at radius 2 is 1.82 bits per heavy atom. The van der Waals surface area contributed by atoms with Gasteiger partial charge in [0.1, 0.15) is 5.82 Å². The predicted molar refractivity (Wildman–Crippen MR) is 106 cm³/mol. The second-order valence-electron chi connectivity index (χ2n) is 7.11. The summed E-state index contributed by atoms with van der Waals surface area (Å²) < 4.78 is 13.7. The van der Waals surface area contributed by atoms with Crippen LogP contribution in [0.5, 0.6) is 0 Å². The van der Waals surface area contributed by atoms with Gasteiger partial charge in [0.15, 0.2) is 5.78 Å². The number of ketones is 1. The fourth-order valence-corrected chi connectivity index (χ4v) is 3.39. The second kappa shape index (κ2) is 9.57. The van der Waals surface area contributed by atoms with Gasteiger partial charge in [-0.3, -0.25) is 9.59 Å². The first kappa shape index (κ1) is 20.2. The van der Waals surface area contributed by atoms with Crippen LogP contribution < -0.4 is 5.32 Å². The number of rotatable bonds is 7. The van der Waals surface area contributed by atoms with E-state index in [1.165, 1.54) is 18.2 Å². The summed E-state index contributed by atoms with van der Waals surface area (Å²) in [6.07, 6.45) is 2.31. The molecule has 1 fully saturated rings. The first-order chi connectivity index (χ1) is 13.5. The van der Waals surface area contributed by atoms with Gasteiger partial charge in [-0.1, -0.05) is 18.2 Å². The Labute approximate surface area is 164 Å². The molecule has 0 bridgehead atoms. The van der Waals surface area contributed by atoms with Crippen molar-refractivity contribution in [1.82, 2.24) is 4.90 Å². The third kappa shape index (κ3) is 5.47. The van der Waals surface area contributed by atoms with Crippen LogP contribution in [0.15, 0.2) is 48.5 Å². The minimum atomic E-state index is -0.508. The van der Waals surface area contributed by atoms with Gasteiger partial charge in [0.05, 0.1) is 11.8 Å². The first-order valence-corrected chi connectivity index (χ1v) is 9.62. The highest BCUT2D eigenvalue weighted by atomic mass is 19.1. The number of anilines is 1. The molecule has 5 nitrogen and oxygen atoms in total. The standard InChI is InChI=1S/C22H25FN2O3/c23-17-8-9-19(20(15-17)24-22(28)16-5-2-1-3-6-16)21(27)7-4-12-25-13-10-18(26)11-14-25/h1-3,5-6,8-9,15,18,26H,4,7,10-14H2,(H,24,28). The number of likely N-dealkylation sites (tertiary alicyclic amines) is 1. The molecular formula is C22H25FN2O3. The number of piperidine rings is 1. The maximum atomic E-state index is 13.7. The van der Waals surface area contributed by atoms with Crippen molar-refractivity contribution in [3.05, 3.63) is 65.5 Å². The average Bonchev–Trinajstić information content (AvgIpc) is 2.70. The van der Waals surface area contributed by atoms with Gasteiger partial charge in [0.2, 0.25) is 0 Å². The Morgan fingerprint density at radius 3 is 2.54 bits per heavy atom. The largest absolute Gasteiger partial charge is 0.393 e. The van der Waals surface area contributed by atoms with Crippen LogP contribution in [-0.2, 0) is 0 Å². The van der Waals surface area contributed by atoms with Crippen LogP contribution in [0.1, 0.15) is 46.4 Å². The Morgan fingerprint density at radius 1 is 1.11 bits per heavy atom. The quantitative estimate of drug-likeness (QED) is 0.717. The lowest BCUT2D eigenvalue weighted by atomic mass is 10.0. The van der Waals surface area contributed by atoms with Crippen LogP contribution in [0.25, 0.3) is 0 Å². The number of hydrogen-bond donors (Lipinski definition) is 2. The Bertz CT molecular complexity index is 818. The lowest BCUT2D eigenvalue weighted by molar-refractivity contribution is 0.0800. The molecule has 3 rings (SSSR count). The summed E-state index contributed by atoms with van der Waals surface area (Å²) in [7, 11) is 0. The smallest absolute Gasteiger partial charge is 0.255 e. The average molecular weight is 384 g/mol. The molecule has 0 spiro atoms. The minimum Gasteiger partial charge on any atom is -0.393 e. The van der Waals surface area contributed by atoms with Crippen molar-refractivity contribution in [2.45, 2.75) is 31.8 Å². The summed E-state index contributed by atoms with van der Waals surface area (Å²) in [5, 5.41) is 12.2. The van der Waals surface area contributed by atoms with E-state index < -0.39 is 5.82 Å². The Balaban J connectivity index is 1.61. The molecule has 0 unspecified atom stereocenters. The molecule has 0 saturated carbocycles. The second-order valence-corrected chi connectivity index (χ2v) is 7.11. The van der Waals surface area contributed by atoms with Crippen molar-refractivity contribution in [2.24, 2.45) is 0 Å². The van der Waals surface area contributed by atoms with E-state index >= 15 is 0 Å². The third-order valence-electron chi connectivity index (χ3n) is 5.00. The number of carbonyl (C=O) groups excluding carboxylic acids is 2. The van der Waals surface area contributed by atoms with Gasteiger partial charge in [-0.25, -0.2) is 4.39 Å². The number of hydrogen-bond acceptors (Lipinski definition) is 4. The number of amides is 1. The zero-order valence-corrected chi connectivity index (χ0v) is 15.7. The molecule has 2 aromatic carbocycles. The molecule has 2 N–H and O–H groups in total. The highest BCUT2D eigenvalue weighted by molar-refractivity contribution is 6.09. The normalized spacial score (nSPS) is 15.4. The van der Waals surface area contributed by atoms with Gasteiger partial charge in [0, 0.05) is 30.6 Å². The number of carbonyl (C=O) groups is 2. The fourth-order valence-electron chi connectivity index (χ4n) is 3.39. The number of aliphatic hydroxyl groups excluding tert-OH is 1. The van der Waals surface area contributed by atoms with Crippen LogP contribution in [0.4, 0.5) is 10.1 Å². The summed E-state index contributed by atoms with van der Waals surface area (Å²) in [4.78, 5) is 27.3. The van der Waals surface area contributed by atoms with Crippen molar-refractivity contribution in [3.63, 3.8) is 0 Å². The number of benzene rings is 2. The third-order valence-corrected chi connectivity index (χ3v) is 5.00. The molecular weight excluding hydrogens is 359 g/mol. The number of Topliss-reactive ketones (excluding diaryl/α,β-unsaturated/α-hetero) is 1. The molecule has 6 heteroatoms. The van der Waals surface area contributed by atoms with Crippen LogP contribution in [0.3, 0.4) is 0 Å². The zero-order valence-electron chi connectivity index (χ0n) is 15.7. The lowest BCUT2D eigenvalue weighted by Crippen LogP contribution is -2.36. The molecule has 0 atom stereocenters. The molecule has 28 heavy (non-hydrogen) atoms. The maximum Gasteiger partial charge on any atom is 0.255 e.